The van der Waals surface area contributed by atoms with E-state index in [9.17, 15) is 0 Å². The average Bonchev–Trinajstić information content (AvgIpc) is 1.66. The van der Waals surface area contributed by atoms with E-state index < -0.39 is 9.04 Å². The summed E-state index contributed by atoms with van der Waals surface area (Å²) in [6, 6.07) is 0. The number of rotatable bonds is 3. The Bertz CT molecular complexity index is 83.0. The molecule has 0 atom stereocenters. The van der Waals surface area contributed by atoms with Crippen LogP contribution in [0, 0.1) is 12.3 Å². The van der Waals surface area contributed by atoms with Crippen molar-refractivity contribution in [3.8, 4) is 12.3 Å². The molecule has 0 aromatic carbocycles. The Kier molecular flexibility index (Phi) is 4.72. The highest BCUT2D eigenvalue weighted by molar-refractivity contribution is 6.48. The van der Waals surface area contributed by atoms with E-state index in [4.69, 9.17) is 10.8 Å². The Morgan fingerprint density at radius 2 is 2.25 bits per heavy atom. The fourth-order valence-electron chi connectivity index (χ4n) is 0.354. The van der Waals surface area contributed by atoms with Gasteiger partial charge in [-0.15, -0.1) is 12.3 Å². The van der Waals surface area contributed by atoms with Crippen molar-refractivity contribution in [2.75, 3.05) is 6.61 Å². The van der Waals surface area contributed by atoms with Gasteiger partial charge < -0.3 is 4.43 Å². The molecule has 2 heteroatoms. The van der Waals surface area contributed by atoms with E-state index in [1.54, 1.807) is 0 Å². The lowest BCUT2D eigenvalue weighted by Crippen LogP contribution is -2.07. The van der Waals surface area contributed by atoms with Crippen LogP contribution in [0.15, 0.2) is 0 Å². The first-order valence-corrected chi connectivity index (χ1v) is 5.60. The zero-order valence-corrected chi connectivity index (χ0v) is 6.63. The van der Waals surface area contributed by atoms with Crippen molar-refractivity contribution in [2.24, 2.45) is 0 Å². The van der Waals surface area contributed by atoms with Gasteiger partial charge in [0, 0.05) is 13.0 Å². The highest BCUT2D eigenvalue weighted by Crippen LogP contribution is 1.84. The van der Waals surface area contributed by atoms with Crippen molar-refractivity contribution >= 4 is 9.04 Å². The third-order valence-electron chi connectivity index (χ3n) is 0.698. The molecule has 8 heavy (non-hydrogen) atoms. The minimum atomic E-state index is -0.798. The fraction of sp³-hybridized carbons (Fsp3) is 0.667. The average molecular weight is 128 g/mol. The van der Waals surface area contributed by atoms with Crippen molar-refractivity contribution in [3.05, 3.63) is 0 Å². The molecule has 0 aliphatic carbocycles. The van der Waals surface area contributed by atoms with Gasteiger partial charge >= 0.3 is 0 Å². The maximum Gasteiger partial charge on any atom is 0.170 e. The summed E-state index contributed by atoms with van der Waals surface area (Å²) >= 11 is 0. The van der Waals surface area contributed by atoms with Gasteiger partial charge in [-0.1, -0.05) is 0 Å². The molecule has 0 aromatic rings. The van der Waals surface area contributed by atoms with Gasteiger partial charge in [0.15, 0.2) is 9.04 Å². The van der Waals surface area contributed by atoms with Crippen LogP contribution in [-0.2, 0) is 4.43 Å². The molecule has 0 fully saturated rings. The summed E-state index contributed by atoms with van der Waals surface area (Å²) in [6.45, 7) is 5.02. The topological polar surface area (TPSA) is 9.23 Å². The summed E-state index contributed by atoms with van der Waals surface area (Å²) in [5.41, 5.74) is 0. The summed E-state index contributed by atoms with van der Waals surface area (Å²) in [7, 11) is -0.798. The molecule has 0 amide bonds. The molecular weight excluding hydrogens is 116 g/mol. The summed E-state index contributed by atoms with van der Waals surface area (Å²) in [6.07, 6.45) is 5.76. The van der Waals surface area contributed by atoms with Gasteiger partial charge in [-0.25, -0.2) is 0 Å². The lowest BCUT2D eigenvalue weighted by molar-refractivity contribution is 0.336. The second kappa shape index (κ2) is 4.89. The smallest absolute Gasteiger partial charge is 0.170 e. The van der Waals surface area contributed by atoms with E-state index in [1.165, 1.54) is 0 Å². The molecular formula is C6H12OSi. The summed E-state index contributed by atoms with van der Waals surface area (Å²) in [5, 5.41) is 0. The second-order valence-corrected chi connectivity index (χ2v) is 4.30. The van der Waals surface area contributed by atoms with Crippen LogP contribution in [0.4, 0.5) is 0 Å². The maximum absolute atomic E-state index is 5.28. The molecule has 0 rings (SSSR count). The fourth-order valence-corrected chi connectivity index (χ4v) is 0.943. The van der Waals surface area contributed by atoms with Crippen LogP contribution < -0.4 is 0 Å². The van der Waals surface area contributed by atoms with Crippen LogP contribution in [0.2, 0.25) is 13.1 Å². The van der Waals surface area contributed by atoms with Crippen molar-refractivity contribution < 1.29 is 4.43 Å². The van der Waals surface area contributed by atoms with Crippen LogP contribution in [-0.4, -0.2) is 15.6 Å². The van der Waals surface area contributed by atoms with Gasteiger partial charge in [-0.3, -0.25) is 0 Å². The standard InChI is InChI=1S/C6H12OSi/c1-4-5-6-7-8(2)3/h1,8H,5-6H2,2-3H3. The minimum absolute atomic E-state index is 0.750. The number of hydrogen-bond acceptors (Lipinski definition) is 1. The van der Waals surface area contributed by atoms with Gasteiger partial charge in [0.05, 0.1) is 0 Å². The zero-order chi connectivity index (χ0) is 6.41. The van der Waals surface area contributed by atoms with Crippen molar-refractivity contribution in [3.63, 3.8) is 0 Å². The minimum Gasteiger partial charge on any atom is -0.420 e. The zero-order valence-electron chi connectivity index (χ0n) is 5.48. The van der Waals surface area contributed by atoms with E-state index in [0.717, 1.165) is 13.0 Å². The predicted octanol–water partition coefficient (Wildman–Crippen LogP) is 1.01. The predicted molar refractivity (Wildman–Crippen MR) is 38.3 cm³/mol. The van der Waals surface area contributed by atoms with Gasteiger partial charge in [0.2, 0.25) is 0 Å². The molecule has 0 saturated carbocycles. The quantitative estimate of drug-likeness (QED) is 0.313. The first-order valence-electron chi connectivity index (χ1n) is 2.82. The van der Waals surface area contributed by atoms with Crippen LogP contribution in [0.3, 0.4) is 0 Å². The van der Waals surface area contributed by atoms with E-state index in [2.05, 4.69) is 19.0 Å². The monoisotopic (exact) mass is 128 g/mol. The normalized spacial score (nSPS) is 9.25. The molecule has 0 bridgehead atoms. The molecule has 0 unspecified atom stereocenters. The highest BCUT2D eigenvalue weighted by atomic mass is 28.3. The molecule has 0 aromatic heterocycles. The molecule has 0 spiro atoms. The molecule has 46 valence electrons. The lowest BCUT2D eigenvalue weighted by Gasteiger charge is -2.01. The van der Waals surface area contributed by atoms with Crippen LogP contribution in [0.5, 0.6) is 0 Å². The van der Waals surface area contributed by atoms with Crippen molar-refractivity contribution in [1.82, 2.24) is 0 Å². The van der Waals surface area contributed by atoms with Crippen molar-refractivity contribution in [2.45, 2.75) is 19.5 Å². The van der Waals surface area contributed by atoms with Gasteiger partial charge in [0.25, 0.3) is 0 Å². The van der Waals surface area contributed by atoms with Gasteiger partial charge in [-0.05, 0) is 13.1 Å². The number of terminal acetylenes is 1. The highest BCUT2D eigenvalue weighted by Gasteiger charge is 1.91. The maximum atomic E-state index is 5.28. The summed E-state index contributed by atoms with van der Waals surface area (Å²) in [4.78, 5) is 0. The van der Waals surface area contributed by atoms with E-state index >= 15 is 0 Å². The Hall–Kier alpha value is -0.263. The van der Waals surface area contributed by atoms with Crippen LogP contribution in [0.1, 0.15) is 6.42 Å². The SMILES string of the molecule is C#CCCO[SiH](C)C. The number of hydrogen-bond donors (Lipinski definition) is 0. The summed E-state index contributed by atoms with van der Waals surface area (Å²) < 4.78 is 5.28. The van der Waals surface area contributed by atoms with Gasteiger partial charge in [0.1, 0.15) is 0 Å². The van der Waals surface area contributed by atoms with E-state index in [0.29, 0.717) is 0 Å². The molecule has 0 aliphatic rings. The first kappa shape index (κ1) is 7.74. The van der Waals surface area contributed by atoms with Gasteiger partial charge in [-0.2, -0.15) is 0 Å². The van der Waals surface area contributed by atoms with E-state index in [1.807, 2.05) is 0 Å². The first-order chi connectivity index (χ1) is 3.77. The molecule has 0 aliphatic heterocycles. The Balaban J connectivity index is 2.85. The lowest BCUT2D eigenvalue weighted by atomic mass is 10.5. The Morgan fingerprint density at radius 1 is 1.62 bits per heavy atom. The summed E-state index contributed by atoms with van der Waals surface area (Å²) in [5.74, 6) is 2.52. The molecule has 1 nitrogen and oxygen atoms in total. The van der Waals surface area contributed by atoms with Crippen molar-refractivity contribution in [1.29, 1.82) is 0 Å². The third kappa shape index (κ3) is 5.74. The third-order valence-corrected chi connectivity index (χ3v) is 1.60. The second-order valence-electron chi connectivity index (χ2n) is 1.87. The van der Waals surface area contributed by atoms with Crippen LogP contribution >= 0.6 is 0 Å². The largest absolute Gasteiger partial charge is 0.420 e. The molecule has 0 N–H and O–H groups in total. The van der Waals surface area contributed by atoms with E-state index in [-0.39, 0.29) is 0 Å². The molecule has 0 saturated heterocycles. The molecule has 0 radical (unpaired) electrons. The Labute approximate surface area is 52.8 Å². The Morgan fingerprint density at radius 3 is 2.62 bits per heavy atom. The molecule has 0 heterocycles. The van der Waals surface area contributed by atoms with Crippen LogP contribution in [0.25, 0.3) is 0 Å².